The first kappa shape index (κ1) is 37.9. The SMILES string of the molecule is CCCCCCCC/C=C\CC(CCCCCC)C1C[C@@H](O)CC2C[C@@H](O)[C@@H]3[C@H](CC[C@]4(C)[C@@H]([C@H](C)CCC(=O)O)CC[C@@H]34)[C@]21C. The van der Waals surface area contributed by atoms with Crippen molar-refractivity contribution in [3.05, 3.63) is 12.2 Å². The summed E-state index contributed by atoms with van der Waals surface area (Å²) in [7, 11) is 0. The highest BCUT2D eigenvalue weighted by Crippen LogP contribution is 2.70. The highest BCUT2D eigenvalue weighted by molar-refractivity contribution is 5.66. The number of hydrogen-bond acceptors (Lipinski definition) is 3. The molecule has 3 unspecified atom stereocenters. The van der Waals surface area contributed by atoms with Gasteiger partial charge >= 0.3 is 5.97 Å². The monoisotopic (exact) mass is 643 g/mol. The van der Waals surface area contributed by atoms with Gasteiger partial charge in [-0.2, -0.15) is 0 Å². The van der Waals surface area contributed by atoms with Gasteiger partial charge in [0.15, 0.2) is 0 Å². The number of hydrogen-bond donors (Lipinski definition) is 3. The lowest BCUT2D eigenvalue weighted by Gasteiger charge is -2.65. The van der Waals surface area contributed by atoms with Crippen LogP contribution in [0.4, 0.5) is 0 Å². The van der Waals surface area contributed by atoms with Crippen molar-refractivity contribution < 1.29 is 20.1 Å². The molecule has 4 rings (SSSR count). The summed E-state index contributed by atoms with van der Waals surface area (Å²) >= 11 is 0. The molecule has 0 aromatic carbocycles. The molecule has 4 aliphatic rings. The van der Waals surface area contributed by atoms with Crippen LogP contribution in [-0.2, 0) is 4.79 Å². The highest BCUT2D eigenvalue weighted by atomic mass is 16.4. The van der Waals surface area contributed by atoms with E-state index in [1.807, 2.05) is 0 Å². The fourth-order valence-corrected chi connectivity index (χ4v) is 12.3. The van der Waals surface area contributed by atoms with Crippen LogP contribution in [0.15, 0.2) is 12.2 Å². The number of carbonyl (C=O) groups is 1. The molecule has 3 N–H and O–H groups in total. The molecule has 4 fully saturated rings. The van der Waals surface area contributed by atoms with E-state index in [4.69, 9.17) is 0 Å². The lowest BCUT2D eigenvalue weighted by atomic mass is 9.40. The van der Waals surface area contributed by atoms with E-state index in [2.05, 4.69) is 46.8 Å². The van der Waals surface area contributed by atoms with Gasteiger partial charge in [-0.15, -0.1) is 0 Å². The van der Waals surface area contributed by atoms with Gasteiger partial charge in [-0.3, -0.25) is 4.79 Å². The second-order valence-electron chi connectivity index (χ2n) is 17.4. The van der Waals surface area contributed by atoms with Gasteiger partial charge in [0, 0.05) is 6.42 Å². The van der Waals surface area contributed by atoms with E-state index >= 15 is 0 Å². The summed E-state index contributed by atoms with van der Waals surface area (Å²) in [6.45, 7) is 12.0. The van der Waals surface area contributed by atoms with E-state index in [1.54, 1.807) is 0 Å². The molecule has 12 atom stereocenters. The number of rotatable bonds is 19. The van der Waals surface area contributed by atoms with Crippen molar-refractivity contribution in [2.75, 3.05) is 0 Å². The Bertz CT molecular complexity index is 946. The minimum Gasteiger partial charge on any atom is -0.481 e. The Morgan fingerprint density at radius 2 is 1.50 bits per heavy atom. The van der Waals surface area contributed by atoms with Crippen LogP contribution in [-0.4, -0.2) is 33.5 Å². The topological polar surface area (TPSA) is 77.8 Å². The number of aliphatic carboxylic acids is 1. The Morgan fingerprint density at radius 1 is 0.804 bits per heavy atom. The quantitative estimate of drug-likeness (QED) is 0.0967. The molecule has 4 heteroatoms. The van der Waals surface area contributed by atoms with Crippen LogP contribution in [0.5, 0.6) is 0 Å². The molecule has 266 valence electrons. The van der Waals surface area contributed by atoms with Gasteiger partial charge in [0.25, 0.3) is 0 Å². The number of aliphatic hydroxyl groups excluding tert-OH is 2. The van der Waals surface area contributed by atoms with E-state index in [1.165, 1.54) is 103 Å². The van der Waals surface area contributed by atoms with Gasteiger partial charge < -0.3 is 15.3 Å². The first-order valence-corrected chi connectivity index (χ1v) is 20.3. The van der Waals surface area contributed by atoms with Crippen LogP contribution in [0.1, 0.15) is 176 Å². The van der Waals surface area contributed by atoms with E-state index in [-0.39, 0.29) is 29.5 Å². The predicted octanol–water partition coefficient (Wildman–Crippen LogP) is 11.0. The van der Waals surface area contributed by atoms with E-state index in [0.717, 1.165) is 32.1 Å². The molecule has 0 spiro atoms. The zero-order valence-corrected chi connectivity index (χ0v) is 30.7. The van der Waals surface area contributed by atoms with Gasteiger partial charge in [-0.05, 0) is 135 Å². The van der Waals surface area contributed by atoms with Crippen molar-refractivity contribution in [3.8, 4) is 0 Å². The molecule has 0 aliphatic heterocycles. The Morgan fingerprint density at radius 3 is 2.22 bits per heavy atom. The summed E-state index contributed by atoms with van der Waals surface area (Å²) in [6, 6.07) is 0. The molecule has 0 aromatic heterocycles. The van der Waals surface area contributed by atoms with Gasteiger partial charge in [0.1, 0.15) is 0 Å². The number of aliphatic hydroxyl groups is 2. The third-order valence-corrected chi connectivity index (χ3v) is 14.8. The number of carboxylic acids is 1. The zero-order chi connectivity index (χ0) is 33.3. The van der Waals surface area contributed by atoms with Crippen LogP contribution in [0, 0.1) is 58.2 Å². The lowest BCUT2D eigenvalue weighted by Crippen LogP contribution is -2.62. The summed E-state index contributed by atoms with van der Waals surface area (Å²) < 4.78 is 0. The van der Waals surface area contributed by atoms with Crippen molar-refractivity contribution >= 4 is 5.97 Å². The first-order valence-electron chi connectivity index (χ1n) is 20.3. The molecule has 4 nitrogen and oxygen atoms in total. The van der Waals surface area contributed by atoms with Gasteiger partial charge in [0.05, 0.1) is 12.2 Å². The molecule has 4 aliphatic carbocycles. The first-order chi connectivity index (χ1) is 22.1. The third kappa shape index (κ3) is 8.64. The second kappa shape index (κ2) is 17.7. The van der Waals surface area contributed by atoms with Gasteiger partial charge in [-0.25, -0.2) is 0 Å². The highest BCUT2D eigenvalue weighted by Gasteiger charge is 2.65. The Labute approximate surface area is 284 Å². The molecule has 0 amide bonds. The Balaban J connectivity index is 1.52. The van der Waals surface area contributed by atoms with Crippen LogP contribution >= 0.6 is 0 Å². The summed E-state index contributed by atoms with van der Waals surface area (Å²) in [5, 5.41) is 32.7. The number of allylic oxidation sites excluding steroid dienone is 2. The Kier molecular flexibility index (Phi) is 14.6. The van der Waals surface area contributed by atoms with Crippen LogP contribution in [0.2, 0.25) is 0 Å². The minimum absolute atomic E-state index is 0.167. The molecule has 0 aromatic rings. The molecular weight excluding hydrogens is 568 g/mol. The molecule has 0 heterocycles. The number of unbranched alkanes of at least 4 members (excludes halogenated alkanes) is 9. The summed E-state index contributed by atoms with van der Waals surface area (Å²) in [6.07, 6.45) is 29.8. The van der Waals surface area contributed by atoms with Gasteiger partial charge in [0.2, 0.25) is 0 Å². The normalized spacial score (nSPS) is 38.7. The predicted molar refractivity (Wildman–Crippen MR) is 192 cm³/mol. The standard InChI is InChI=1S/C42H74O4/c1-6-8-10-12-13-14-15-16-18-20-31(19-17-11-9-7-2)37-29-33(43)27-32-28-38(44)40-35-23-22-34(30(3)21-24-39(45)46)41(35,4)26-25-36(40)42(32,37)5/h16,18,30-38,40,43-44H,6-15,17,19-29H2,1-5H3,(H,45,46)/b18-16-/t30-,31?,32?,33+,34-,35+,36+,37?,38-,40+,41-,42+/m1/s1. The van der Waals surface area contributed by atoms with Crippen molar-refractivity contribution in [2.45, 2.75) is 188 Å². The molecule has 0 saturated heterocycles. The van der Waals surface area contributed by atoms with Crippen molar-refractivity contribution in [1.82, 2.24) is 0 Å². The summed E-state index contributed by atoms with van der Waals surface area (Å²) in [4.78, 5) is 11.4. The number of fused-ring (bicyclic) bond motifs is 5. The maximum absolute atomic E-state index is 12.0. The molecule has 0 radical (unpaired) electrons. The zero-order valence-electron chi connectivity index (χ0n) is 30.7. The van der Waals surface area contributed by atoms with Crippen molar-refractivity contribution in [1.29, 1.82) is 0 Å². The lowest BCUT2D eigenvalue weighted by molar-refractivity contribution is -0.204. The van der Waals surface area contributed by atoms with Crippen molar-refractivity contribution in [3.63, 3.8) is 0 Å². The van der Waals surface area contributed by atoms with Gasteiger partial charge in [-0.1, -0.05) is 105 Å². The molecule has 46 heavy (non-hydrogen) atoms. The smallest absolute Gasteiger partial charge is 0.303 e. The largest absolute Gasteiger partial charge is 0.481 e. The fraction of sp³-hybridized carbons (Fsp3) is 0.929. The van der Waals surface area contributed by atoms with Crippen LogP contribution in [0.25, 0.3) is 0 Å². The summed E-state index contributed by atoms with van der Waals surface area (Å²) in [5.41, 5.74) is 0.367. The van der Waals surface area contributed by atoms with Crippen LogP contribution < -0.4 is 0 Å². The minimum atomic E-state index is -0.677. The fourth-order valence-electron chi connectivity index (χ4n) is 12.3. The maximum atomic E-state index is 12.0. The van der Waals surface area contributed by atoms with Crippen LogP contribution in [0.3, 0.4) is 0 Å². The maximum Gasteiger partial charge on any atom is 0.303 e. The average Bonchev–Trinajstić information content (AvgIpc) is 3.38. The Hall–Kier alpha value is -0.870. The second-order valence-corrected chi connectivity index (χ2v) is 17.4. The number of carboxylic acid groups (broad SMARTS) is 1. The molecule has 0 bridgehead atoms. The van der Waals surface area contributed by atoms with E-state index in [0.29, 0.717) is 47.3 Å². The molecule has 4 saturated carbocycles. The molecular formula is C42H74O4. The van der Waals surface area contributed by atoms with E-state index < -0.39 is 5.97 Å². The third-order valence-electron chi connectivity index (χ3n) is 14.8. The van der Waals surface area contributed by atoms with Crippen molar-refractivity contribution in [2.24, 2.45) is 58.2 Å². The van der Waals surface area contributed by atoms with E-state index in [9.17, 15) is 20.1 Å². The summed E-state index contributed by atoms with van der Waals surface area (Å²) in [5.74, 6) is 3.22. The average molecular weight is 643 g/mol.